The quantitative estimate of drug-likeness (QED) is 0.403. The smallest absolute Gasteiger partial charge is 0.193 e. The van der Waals surface area contributed by atoms with Gasteiger partial charge < -0.3 is 15.3 Å². The maximum Gasteiger partial charge on any atom is 0.193 e. The molecule has 2 fully saturated rings. The van der Waals surface area contributed by atoms with Crippen molar-refractivity contribution < 1.29 is 5.11 Å². The summed E-state index contributed by atoms with van der Waals surface area (Å²) in [4.78, 5) is 7.64. The second-order valence-corrected chi connectivity index (χ2v) is 8.04. The van der Waals surface area contributed by atoms with E-state index in [4.69, 9.17) is 11.6 Å². The fourth-order valence-electron chi connectivity index (χ4n) is 3.71. The first-order chi connectivity index (χ1) is 10.7. The minimum Gasteiger partial charge on any atom is -0.386 e. The van der Waals surface area contributed by atoms with E-state index in [0.29, 0.717) is 10.9 Å². The SMILES string of the molecule is CN=C(NCC(O)c1ccc(Cl)s1)N1CC2CCCCC2C1.I. The third-order valence-corrected chi connectivity index (χ3v) is 6.20. The molecule has 2 N–H and O–H groups in total. The summed E-state index contributed by atoms with van der Waals surface area (Å²) in [5.41, 5.74) is 0. The maximum atomic E-state index is 10.2. The molecule has 0 spiro atoms. The van der Waals surface area contributed by atoms with Crippen LogP contribution in [0.1, 0.15) is 36.7 Å². The fraction of sp³-hybridized carbons (Fsp3) is 0.688. The molecule has 23 heavy (non-hydrogen) atoms. The Morgan fingerprint density at radius 3 is 2.57 bits per heavy atom. The molecule has 1 aliphatic heterocycles. The Morgan fingerprint density at radius 2 is 2.04 bits per heavy atom. The number of guanidine groups is 1. The third kappa shape index (κ3) is 4.74. The van der Waals surface area contributed by atoms with Crippen molar-refractivity contribution in [2.75, 3.05) is 26.7 Å². The molecule has 1 aromatic rings. The van der Waals surface area contributed by atoms with Crippen LogP contribution >= 0.6 is 46.9 Å². The van der Waals surface area contributed by atoms with Crippen molar-refractivity contribution in [2.24, 2.45) is 16.8 Å². The number of rotatable bonds is 3. The number of hydrogen-bond donors (Lipinski definition) is 2. The van der Waals surface area contributed by atoms with Crippen LogP contribution in [0.15, 0.2) is 17.1 Å². The molecule has 1 saturated carbocycles. The first-order valence-corrected chi connectivity index (χ1v) is 9.25. The molecular weight excluding hydrogens is 445 g/mol. The normalized spacial score (nSPS) is 25.7. The highest BCUT2D eigenvalue weighted by Gasteiger charge is 2.35. The predicted molar refractivity (Wildman–Crippen MR) is 108 cm³/mol. The Hall–Kier alpha value is -0.0500. The molecule has 2 aliphatic rings. The summed E-state index contributed by atoms with van der Waals surface area (Å²) in [5, 5.41) is 13.6. The van der Waals surface area contributed by atoms with Gasteiger partial charge in [-0.2, -0.15) is 0 Å². The minimum atomic E-state index is -0.542. The fourth-order valence-corrected chi connectivity index (χ4v) is 4.75. The van der Waals surface area contributed by atoms with Crippen LogP contribution in [0.3, 0.4) is 0 Å². The highest BCUT2D eigenvalue weighted by molar-refractivity contribution is 14.0. The van der Waals surface area contributed by atoms with E-state index < -0.39 is 6.10 Å². The van der Waals surface area contributed by atoms with Crippen molar-refractivity contribution in [1.82, 2.24) is 10.2 Å². The summed E-state index contributed by atoms with van der Waals surface area (Å²) in [7, 11) is 1.82. The van der Waals surface area contributed by atoms with Gasteiger partial charge in [0, 0.05) is 31.6 Å². The predicted octanol–water partition coefficient (Wildman–Crippen LogP) is 3.75. The molecule has 3 unspecified atom stereocenters. The third-order valence-electron chi connectivity index (χ3n) is 4.86. The minimum absolute atomic E-state index is 0. The molecule has 0 radical (unpaired) electrons. The van der Waals surface area contributed by atoms with Gasteiger partial charge in [-0.1, -0.05) is 24.4 Å². The van der Waals surface area contributed by atoms with Crippen LogP contribution in [0, 0.1) is 11.8 Å². The Labute approximate surface area is 164 Å². The molecule has 7 heteroatoms. The van der Waals surface area contributed by atoms with Gasteiger partial charge in [0.25, 0.3) is 0 Å². The van der Waals surface area contributed by atoms with Crippen molar-refractivity contribution in [2.45, 2.75) is 31.8 Å². The Balaban J connectivity index is 0.00000192. The van der Waals surface area contributed by atoms with Crippen molar-refractivity contribution in [3.63, 3.8) is 0 Å². The van der Waals surface area contributed by atoms with Crippen LogP contribution in [-0.2, 0) is 0 Å². The zero-order valence-corrected chi connectivity index (χ0v) is 17.3. The number of nitrogens with zero attached hydrogens (tertiary/aromatic N) is 2. The topological polar surface area (TPSA) is 47.9 Å². The van der Waals surface area contributed by atoms with Crippen LogP contribution in [0.4, 0.5) is 0 Å². The molecule has 2 heterocycles. The highest BCUT2D eigenvalue weighted by Crippen LogP contribution is 2.36. The van der Waals surface area contributed by atoms with Crippen molar-refractivity contribution >= 4 is 52.9 Å². The van der Waals surface area contributed by atoms with Crippen molar-refractivity contribution in [3.05, 3.63) is 21.3 Å². The van der Waals surface area contributed by atoms with Gasteiger partial charge in [0.05, 0.1) is 4.34 Å². The summed E-state index contributed by atoms with van der Waals surface area (Å²) in [6.07, 6.45) is 4.92. The van der Waals surface area contributed by atoms with Crippen LogP contribution in [0.2, 0.25) is 4.34 Å². The average molecular weight is 470 g/mol. The van der Waals surface area contributed by atoms with Crippen LogP contribution in [0.5, 0.6) is 0 Å². The monoisotopic (exact) mass is 469 g/mol. The molecule has 3 rings (SSSR count). The maximum absolute atomic E-state index is 10.2. The molecular formula is C16H25ClIN3OS. The zero-order chi connectivity index (χ0) is 15.5. The number of thiophene rings is 1. The molecule has 130 valence electrons. The first-order valence-electron chi connectivity index (χ1n) is 8.06. The van der Waals surface area contributed by atoms with E-state index in [0.717, 1.165) is 35.8 Å². The van der Waals surface area contributed by atoms with E-state index >= 15 is 0 Å². The molecule has 0 amide bonds. The summed E-state index contributed by atoms with van der Waals surface area (Å²) in [6, 6.07) is 3.71. The number of hydrogen-bond acceptors (Lipinski definition) is 3. The van der Waals surface area contributed by atoms with E-state index in [-0.39, 0.29) is 24.0 Å². The van der Waals surface area contributed by atoms with Gasteiger partial charge >= 0.3 is 0 Å². The molecule has 4 nitrogen and oxygen atoms in total. The number of halogens is 2. The van der Waals surface area contributed by atoms with E-state index in [1.165, 1.54) is 37.0 Å². The lowest BCUT2D eigenvalue weighted by Crippen LogP contribution is -2.41. The first kappa shape index (κ1) is 19.3. The van der Waals surface area contributed by atoms with Crippen LogP contribution in [0.25, 0.3) is 0 Å². The lowest BCUT2D eigenvalue weighted by Gasteiger charge is -2.22. The molecule has 0 aromatic carbocycles. The number of likely N-dealkylation sites (tertiary alicyclic amines) is 1. The Morgan fingerprint density at radius 1 is 1.39 bits per heavy atom. The van der Waals surface area contributed by atoms with Gasteiger partial charge in [-0.05, 0) is 36.8 Å². The molecule has 1 saturated heterocycles. The molecule has 0 bridgehead atoms. The van der Waals surface area contributed by atoms with Crippen molar-refractivity contribution in [3.8, 4) is 0 Å². The number of aliphatic imine (C=N–C) groups is 1. The summed E-state index contributed by atoms with van der Waals surface area (Å²) in [5.74, 6) is 2.57. The van der Waals surface area contributed by atoms with E-state index in [2.05, 4.69) is 15.2 Å². The number of fused-ring (bicyclic) bond motifs is 1. The average Bonchev–Trinajstić information content (AvgIpc) is 3.13. The lowest BCUT2D eigenvalue weighted by molar-refractivity contribution is 0.183. The molecule has 1 aliphatic carbocycles. The molecule has 1 aromatic heterocycles. The van der Waals surface area contributed by atoms with Crippen molar-refractivity contribution in [1.29, 1.82) is 0 Å². The van der Waals surface area contributed by atoms with Crippen LogP contribution in [-0.4, -0.2) is 42.6 Å². The van der Waals surface area contributed by atoms with Gasteiger partial charge in [-0.25, -0.2) is 0 Å². The zero-order valence-electron chi connectivity index (χ0n) is 13.4. The summed E-state index contributed by atoms with van der Waals surface area (Å²) < 4.78 is 0.710. The van der Waals surface area contributed by atoms with Crippen LogP contribution < -0.4 is 5.32 Å². The Bertz CT molecular complexity index is 525. The Kier molecular flexibility index (Phi) is 7.44. The van der Waals surface area contributed by atoms with E-state index in [9.17, 15) is 5.11 Å². The van der Waals surface area contributed by atoms with Gasteiger partial charge in [0.1, 0.15) is 6.10 Å². The number of nitrogens with one attached hydrogen (secondary N) is 1. The lowest BCUT2D eigenvalue weighted by atomic mass is 9.82. The van der Waals surface area contributed by atoms with E-state index in [1.807, 2.05) is 19.2 Å². The van der Waals surface area contributed by atoms with Gasteiger partial charge in [0.2, 0.25) is 0 Å². The summed E-state index contributed by atoms with van der Waals surface area (Å²) in [6.45, 7) is 2.67. The summed E-state index contributed by atoms with van der Waals surface area (Å²) >= 11 is 7.35. The largest absolute Gasteiger partial charge is 0.386 e. The van der Waals surface area contributed by atoms with Gasteiger partial charge in [0.15, 0.2) is 5.96 Å². The standard InChI is InChI=1S/C16H24ClN3OS.HI/c1-18-16(19-8-13(21)14-6-7-15(17)22-14)20-9-11-4-2-3-5-12(11)10-20;/h6-7,11-13,21H,2-5,8-10H2,1H3,(H,18,19);1H. The second kappa shape index (κ2) is 8.87. The highest BCUT2D eigenvalue weighted by atomic mass is 127. The van der Waals surface area contributed by atoms with Gasteiger partial charge in [-0.15, -0.1) is 35.3 Å². The molecule has 3 atom stereocenters. The van der Waals surface area contributed by atoms with Gasteiger partial charge in [-0.3, -0.25) is 4.99 Å². The van der Waals surface area contributed by atoms with E-state index in [1.54, 1.807) is 0 Å². The number of aliphatic hydroxyl groups is 1. The second-order valence-electron chi connectivity index (χ2n) is 6.30. The number of aliphatic hydroxyl groups excluding tert-OH is 1.